The highest BCUT2D eigenvalue weighted by Gasteiger charge is 2.32. The Kier molecular flexibility index (Phi) is 4.83. The van der Waals surface area contributed by atoms with Crippen LogP contribution in [0.15, 0.2) is 24.5 Å². The fourth-order valence-electron chi connectivity index (χ4n) is 3.10. The molecule has 1 aromatic carbocycles. The average molecular weight is 342 g/mol. The van der Waals surface area contributed by atoms with Gasteiger partial charge in [0.2, 0.25) is 5.82 Å². The van der Waals surface area contributed by atoms with Gasteiger partial charge in [-0.15, -0.1) is 0 Å². The Morgan fingerprint density at radius 3 is 2.72 bits per heavy atom. The molecular weight excluding hydrogens is 320 g/mol. The van der Waals surface area contributed by atoms with E-state index in [0.717, 1.165) is 36.9 Å². The molecule has 0 aliphatic carbocycles. The van der Waals surface area contributed by atoms with Gasteiger partial charge in [-0.2, -0.15) is 4.98 Å². The molecule has 132 valence electrons. The van der Waals surface area contributed by atoms with Crippen LogP contribution in [0.4, 0.5) is 11.5 Å². The van der Waals surface area contributed by atoms with Crippen molar-refractivity contribution in [1.29, 1.82) is 0 Å². The molecule has 1 atom stereocenters. The molecule has 0 amide bonds. The van der Waals surface area contributed by atoms with E-state index in [1.807, 2.05) is 30.9 Å². The van der Waals surface area contributed by atoms with E-state index in [1.54, 1.807) is 6.07 Å². The third-order valence-corrected chi connectivity index (χ3v) is 4.72. The van der Waals surface area contributed by atoms with Crippen molar-refractivity contribution < 1.29 is 9.66 Å². The topological polar surface area (TPSA) is 81.4 Å². The third-order valence-electron chi connectivity index (χ3n) is 4.72. The molecule has 1 aliphatic heterocycles. The second kappa shape index (κ2) is 7.04. The molecule has 1 aromatic heterocycles. The number of rotatable bonds is 4. The summed E-state index contributed by atoms with van der Waals surface area (Å²) in [7, 11) is 0. The zero-order valence-corrected chi connectivity index (χ0v) is 14.7. The molecule has 3 rings (SSSR count). The van der Waals surface area contributed by atoms with Crippen LogP contribution >= 0.6 is 0 Å². The van der Waals surface area contributed by atoms with Crippen LogP contribution in [-0.2, 0) is 0 Å². The molecule has 25 heavy (non-hydrogen) atoms. The van der Waals surface area contributed by atoms with Crippen molar-refractivity contribution in [2.75, 3.05) is 11.4 Å². The maximum Gasteiger partial charge on any atom is 0.373 e. The number of ether oxygens (including phenoxy) is 1. The minimum atomic E-state index is -0.451. The van der Waals surface area contributed by atoms with Gasteiger partial charge < -0.3 is 9.64 Å². The van der Waals surface area contributed by atoms with E-state index in [0.29, 0.717) is 11.6 Å². The van der Waals surface area contributed by atoms with E-state index in [4.69, 9.17) is 4.74 Å². The number of hydrogen-bond acceptors (Lipinski definition) is 6. The van der Waals surface area contributed by atoms with Crippen LogP contribution in [-0.4, -0.2) is 27.5 Å². The Bertz CT molecular complexity index is 794. The van der Waals surface area contributed by atoms with Crippen molar-refractivity contribution in [3.8, 4) is 11.6 Å². The Balaban J connectivity index is 2.00. The normalized spacial score (nSPS) is 17.4. The van der Waals surface area contributed by atoms with Crippen molar-refractivity contribution in [2.24, 2.45) is 0 Å². The Hall–Kier alpha value is -2.70. The van der Waals surface area contributed by atoms with E-state index in [-0.39, 0.29) is 17.6 Å². The van der Waals surface area contributed by atoms with E-state index < -0.39 is 4.92 Å². The Morgan fingerprint density at radius 2 is 2.04 bits per heavy atom. The molecule has 0 N–H and O–H groups in total. The van der Waals surface area contributed by atoms with Gasteiger partial charge in [0, 0.05) is 12.6 Å². The summed E-state index contributed by atoms with van der Waals surface area (Å²) in [6.45, 7) is 6.79. The highest BCUT2D eigenvalue weighted by atomic mass is 16.6. The van der Waals surface area contributed by atoms with Gasteiger partial charge in [-0.1, -0.05) is 6.07 Å². The fraction of sp³-hybridized carbons (Fsp3) is 0.444. The van der Waals surface area contributed by atoms with Crippen molar-refractivity contribution in [2.45, 2.75) is 46.1 Å². The van der Waals surface area contributed by atoms with E-state index in [2.05, 4.69) is 16.9 Å². The minimum absolute atomic E-state index is 0.0176. The molecule has 1 unspecified atom stereocenters. The number of nitrogens with zero attached hydrogens (tertiary/aromatic N) is 4. The van der Waals surface area contributed by atoms with Crippen molar-refractivity contribution in [1.82, 2.24) is 9.97 Å². The Morgan fingerprint density at radius 1 is 1.24 bits per heavy atom. The number of aromatic nitrogens is 2. The van der Waals surface area contributed by atoms with Gasteiger partial charge in [0.25, 0.3) is 0 Å². The molecule has 2 heterocycles. The average Bonchev–Trinajstić information content (AvgIpc) is 2.58. The van der Waals surface area contributed by atoms with Crippen LogP contribution in [0.5, 0.6) is 11.6 Å². The molecule has 0 spiro atoms. The van der Waals surface area contributed by atoms with Crippen LogP contribution in [0.3, 0.4) is 0 Å². The van der Waals surface area contributed by atoms with Crippen LogP contribution < -0.4 is 9.64 Å². The second-order valence-corrected chi connectivity index (χ2v) is 6.49. The molecule has 0 bridgehead atoms. The zero-order valence-electron chi connectivity index (χ0n) is 14.7. The van der Waals surface area contributed by atoms with Crippen LogP contribution in [0.1, 0.15) is 37.3 Å². The van der Waals surface area contributed by atoms with Crippen molar-refractivity contribution in [3.63, 3.8) is 0 Å². The van der Waals surface area contributed by atoms with Gasteiger partial charge in [-0.3, -0.25) is 10.1 Å². The lowest BCUT2D eigenvalue weighted by Crippen LogP contribution is -2.38. The minimum Gasteiger partial charge on any atom is -0.434 e. The smallest absolute Gasteiger partial charge is 0.373 e. The molecule has 2 aromatic rings. The lowest BCUT2D eigenvalue weighted by molar-refractivity contribution is -0.385. The number of piperidine rings is 1. The quantitative estimate of drug-likeness (QED) is 0.612. The van der Waals surface area contributed by atoms with Crippen LogP contribution in [0, 0.1) is 24.0 Å². The van der Waals surface area contributed by atoms with Gasteiger partial charge in [-0.05, 0) is 63.3 Å². The Labute approximate surface area is 146 Å². The lowest BCUT2D eigenvalue weighted by Gasteiger charge is -2.33. The monoisotopic (exact) mass is 342 g/mol. The largest absolute Gasteiger partial charge is 0.434 e. The summed E-state index contributed by atoms with van der Waals surface area (Å²) in [6.07, 6.45) is 4.45. The van der Waals surface area contributed by atoms with E-state index in [1.165, 1.54) is 6.33 Å². The summed E-state index contributed by atoms with van der Waals surface area (Å²) in [6, 6.07) is 5.77. The van der Waals surface area contributed by atoms with Gasteiger partial charge in [0.05, 0.1) is 4.92 Å². The summed E-state index contributed by atoms with van der Waals surface area (Å²) < 4.78 is 5.75. The number of nitro groups is 1. The van der Waals surface area contributed by atoms with Crippen molar-refractivity contribution in [3.05, 3.63) is 45.8 Å². The fourth-order valence-corrected chi connectivity index (χ4v) is 3.10. The first-order chi connectivity index (χ1) is 12.0. The zero-order chi connectivity index (χ0) is 18.0. The summed E-state index contributed by atoms with van der Waals surface area (Å²) in [4.78, 5) is 21.5. The van der Waals surface area contributed by atoms with E-state index in [9.17, 15) is 10.1 Å². The first-order valence-electron chi connectivity index (χ1n) is 8.48. The highest BCUT2D eigenvalue weighted by molar-refractivity contribution is 5.64. The molecule has 1 aliphatic rings. The van der Waals surface area contributed by atoms with E-state index >= 15 is 0 Å². The molecule has 0 radical (unpaired) electrons. The predicted octanol–water partition coefficient (Wildman–Crippen LogP) is 4.17. The van der Waals surface area contributed by atoms with Gasteiger partial charge >= 0.3 is 11.6 Å². The molecule has 1 saturated heterocycles. The standard InChI is InChI=1S/C18H22N4O3/c1-12-7-8-15(10-13(12)2)25-18-16(22(23)24)17(19-11-20-18)21-9-5-4-6-14(21)3/h7-8,10-11,14H,4-6,9H2,1-3H3. The molecule has 1 fully saturated rings. The molecule has 7 heteroatoms. The number of benzene rings is 1. The third kappa shape index (κ3) is 3.55. The number of hydrogen-bond donors (Lipinski definition) is 0. The number of anilines is 1. The van der Waals surface area contributed by atoms with Crippen LogP contribution in [0.2, 0.25) is 0 Å². The highest BCUT2D eigenvalue weighted by Crippen LogP contribution is 2.38. The maximum absolute atomic E-state index is 11.7. The maximum atomic E-state index is 11.7. The second-order valence-electron chi connectivity index (χ2n) is 6.49. The summed E-state index contributed by atoms with van der Waals surface area (Å²) in [5, 5.41) is 11.7. The summed E-state index contributed by atoms with van der Waals surface area (Å²) in [5.74, 6) is 0.851. The lowest BCUT2D eigenvalue weighted by atomic mass is 10.0. The van der Waals surface area contributed by atoms with Gasteiger partial charge in [0.1, 0.15) is 12.1 Å². The van der Waals surface area contributed by atoms with Gasteiger partial charge in [-0.25, -0.2) is 4.98 Å². The van der Waals surface area contributed by atoms with Crippen molar-refractivity contribution >= 4 is 11.5 Å². The first-order valence-corrected chi connectivity index (χ1v) is 8.48. The molecular formula is C18H22N4O3. The van der Waals surface area contributed by atoms with Gasteiger partial charge in [0.15, 0.2) is 0 Å². The summed E-state index contributed by atoms with van der Waals surface area (Å²) >= 11 is 0. The molecule has 7 nitrogen and oxygen atoms in total. The SMILES string of the molecule is Cc1ccc(Oc2ncnc(N3CCCCC3C)c2[N+](=O)[O-])cc1C. The predicted molar refractivity (Wildman–Crippen MR) is 95.3 cm³/mol. The summed E-state index contributed by atoms with van der Waals surface area (Å²) in [5.41, 5.74) is 2.01. The first kappa shape index (κ1) is 17.1. The number of aryl methyl sites for hydroxylation is 2. The van der Waals surface area contributed by atoms with Crippen LogP contribution in [0.25, 0.3) is 0 Å². The molecule has 0 saturated carbocycles.